The number of anilines is 3. The second kappa shape index (κ2) is 23.0. The van der Waals surface area contributed by atoms with Crippen LogP contribution in [0.3, 0.4) is 0 Å². The van der Waals surface area contributed by atoms with Crippen LogP contribution >= 0.6 is 46.4 Å². The summed E-state index contributed by atoms with van der Waals surface area (Å²) in [5, 5.41) is 60.4. The minimum atomic E-state index is -2.68. The zero-order chi connectivity index (χ0) is 56.7. The van der Waals surface area contributed by atoms with E-state index in [1.54, 1.807) is 43.2 Å². The molecular formula is C58H64Cl4F2N14O3. The minimum absolute atomic E-state index is 0.0284. The van der Waals surface area contributed by atoms with Gasteiger partial charge in [0.2, 0.25) is 5.92 Å². The third-order valence-corrected chi connectivity index (χ3v) is 17.7. The lowest BCUT2D eigenvalue weighted by molar-refractivity contribution is -0.106. The van der Waals surface area contributed by atoms with Crippen LogP contribution in [0.4, 0.5) is 26.0 Å². The first kappa shape index (κ1) is 56.4. The number of H-pyrrole nitrogens is 4. The second-order valence-corrected chi connectivity index (χ2v) is 24.5. The highest BCUT2D eigenvalue weighted by atomic mass is 35.5. The number of alkyl halides is 2. The number of aliphatic hydroxyl groups is 2. The van der Waals surface area contributed by atoms with E-state index < -0.39 is 17.1 Å². The van der Waals surface area contributed by atoms with Crippen LogP contribution in [0.1, 0.15) is 120 Å². The van der Waals surface area contributed by atoms with E-state index in [-0.39, 0.29) is 25.7 Å². The molecule has 0 spiro atoms. The molecule has 8 N–H and O–H groups in total. The number of hydrogen-bond donors (Lipinski definition) is 7. The Hall–Kier alpha value is -6.48. The zero-order valence-electron chi connectivity index (χ0n) is 44.9. The first-order valence-corrected chi connectivity index (χ1v) is 28.9. The number of oxazole rings is 1. The summed E-state index contributed by atoms with van der Waals surface area (Å²) in [5.74, 6) is -0.678. The van der Waals surface area contributed by atoms with Gasteiger partial charge in [-0.3, -0.25) is 20.4 Å². The van der Waals surface area contributed by atoms with Gasteiger partial charge in [-0.15, -0.1) is 0 Å². The Morgan fingerprint density at radius 3 is 1.42 bits per heavy atom. The number of benzene rings is 4. The molecule has 2 aliphatic carbocycles. The van der Waals surface area contributed by atoms with Crippen molar-refractivity contribution in [2.45, 2.75) is 120 Å². The van der Waals surface area contributed by atoms with Gasteiger partial charge in [-0.25, -0.2) is 18.4 Å². The van der Waals surface area contributed by atoms with Crippen LogP contribution < -0.4 is 15.5 Å². The summed E-state index contributed by atoms with van der Waals surface area (Å²) in [5.41, 5.74) is 11.6. The molecule has 2 aliphatic heterocycles. The number of nitrogens with one attached hydrogen (secondary N) is 4. The molecule has 2 saturated carbocycles. The van der Waals surface area contributed by atoms with E-state index in [1.165, 1.54) is 0 Å². The minimum Gasteiger partial charge on any atom is -0.449 e. The predicted molar refractivity (Wildman–Crippen MR) is 316 cm³/mol. The maximum absolute atomic E-state index is 13.2. The average Bonchev–Trinajstić information content (AvgIpc) is 4.38. The van der Waals surface area contributed by atoms with E-state index in [1.807, 2.05) is 59.5 Å². The summed E-state index contributed by atoms with van der Waals surface area (Å²) in [4.78, 5) is 9.00. The Kier molecular flexibility index (Phi) is 16.0. The second-order valence-electron chi connectivity index (χ2n) is 22.7. The molecule has 81 heavy (non-hydrogen) atoms. The van der Waals surface area contributed by atoms with Crippen molar-refractivity contribution < 1.29 is 23.4 Å². The van der Waals surface area contributed by atoms with Crippen molar-refractivity contribution in [3.63, 3.8) is 0 Å². The molecule has 0 radical (unpaired) electrons. The number of rotatable bonds is 6. The van der Waals surface area contributed by atoms with E-state index in [9.17, 15) is 19.0 Å². The molecule has 14 rings (SSSR count). The monoisotopic (exact) mass is 1180 g/mol. The smallest absolute Gasteiger partial charge is 0.248 e. The topological polar surface area (TPSA) is 232 Å². The highest BCUT2D eigenvalue weighted by Crippen LogP contribution is 2.48. The number of nitrogens with zero attached hydrogens (tertiary/aromatic N) is 9. The van der Waals surface area contributed by atoms with Crippen LogP contribution in [0.25, 0.3) is 43.6 Å². The number of nitrogen functional groups attached to an aromatic ring is 1. The summed E-state index contributed by atoms with van der Waals surface area (Å²) >= 11 is 24.6. The lowest BCUT2D eigenvalue weighted by atomic mass is 9.68. The van der Waals surface area contributed by atoms with Crippen LogP contribution in [0.15, 0.2) is 102 Å². The molecule has 23 heteroatoms. The van der Waals surface area contributed by atoms with Crippen LogP contribution in [-0.4, -0.2) is 97.9 Å². The van der Waals surface area contributed by atoms with E-state index in [0.717, 1.165) is 154 Å². The number of fused-ring (bicyclic) bond motifs is 4. The van der Waals surface area contributed by atoms with Crippen molar-refractivity contribution in [2.75, 3.05) is 41.7 Å². The third-order valence-electron chi connectivity index (χ3n) is 16.8. The van der Waals surface area contributed by atoms with Gasteiger partial charge in [-0.1, -0.05) is 60.3 Å². The van der Waals surface area contributed by atoms with Crippen LogP contribution in [0, 0.1) is 5.41 Å². The fraction of sp³-hybridized carbons (Fsp3) is 0.414. The molecule has 17 nitrogen and oxygen atoms in total. The van der Waals surface area contributed by atoms with E-state index >= 15 is 0 Å². The highest BCUT2D eigenvalue weighted by Gasteiger charge is 2.44. The van der Waals surface area contributed by atoms with Crippen LogP contribution in [-0.2, 0) is 11.2 Å². The number of aromatic amines is 4. The predicted octanol–water partition coefficient (Wildman–Crippen LogP) is 14.0. The van der Waals surface area contributed by atoms with Gasteiger partial charge in [0.05, 0.1) is 76.5 Å². The highest BCUT2D eigenvalue weighted by molar-refractivity contribution is 6.32. The molecule has 6 aromatic heterocycles. The SMILES string of the molecule is CC1(C)CCC(O)(c2cc(Cl)cc3[nH]ncc23)CC1.Clc1cc(N2CCC(c3ncco3)CC2)c2cn[nH]c2c1.Nc1ccnn1C1CCN(c2cc(Cl)cc3[nH]ncc23)CC1.OC1(c2cc(Cl)cc3[nH]ncc23)CCC(F)(F)CC1. The summed E-state index contributed by atoms with van der Waals surface area (Å²) in [6.07, 6.45) is 19.3. The van der Waals surface area contributed by atoms with Crippen molar-refractivity contribution in [1.82, 2.24) is 55.6 Å². The van der Waals surface area contributed by atoms with Gasteiger partial charge < -0.3 is 30.2 Å². The van der Waals surface area contributed by atoms with Gasteiger partial charge in [0.1, 0.15) is 12.1 Å². The zero-order valence-corrected chi connectivity index (χ0v) is 47.9. The molecule has 0 bridgehead atoms. The maximum atomic E-state index is 13.2. The van der Waals surface area contributed by atoms with Gasteiger partial charge >= 0.3 is 0 Å². The maximum Gasteiger partial charge on any atom is 0.248 e. The van der Waals surface area contributed by atoms with Crippen molar-refractivity contribution >= 4 is 107 Å². The molecule has 4 aliphatic rings. The number of aromatic nitrogens is 11. The lowest BCUT2D eigenvalue weighted by Crippen LogP contribution is -2.36. The molecule has 0 amide bonds. The Bertz CT molecular complexity index is 3630. The van der Waals surface area contributed by atoms with Crippen molar-refractivity contribution in [2.24, 2.45) is 5.41 Å². The Labute approximate surface area is 485 Å². The Morgan fingerprint density at radius 1 is 0.568 bits per heavy atom. The van der Waals surface area contributed by atoms with Gasteiger partial charge in [0, 0.05) is 97.9 Å². The van der Waals surface area contributed by atoms with Crippen molar-refractivity contribution in [3.05, 3.63) is 135 Å². The fourth-order valence-electron chi connectivity index (χ4n) is 12.0. The molecule has 0 unspecified atom stereocenters. The standard InChI is InChI=1S/C15H17ClN6.C15H15ClN4O.C15H19ClN2O.C13H13ClF2N2O/c16-10-7-13-12(9-18-20-13)14(8-10)21-5-2-11(3-6-21)22-15(17)1-4-19-22;16-11-7-13-12(9-18-19-13)14(8-11)20-4-1-10(2-5-20)15-17-3-6-21-15;1-14(2)3-5-15(19,6-4-14)12-7-10(16)8-13-11(12)9-17-18-13;14-8-5-10(9-7-17-18-11(9)6-8)12(19)1-3-13(15,16)4-2-12/h1,4,7-9,11H,2-3,5-6,17H2,(H,18,20);3,6-10H,1-2,4-5H2,(H,18,19);7-9,19H,3-6H2,1-2H3,(H,17,18);5-7,19H,1-4H2,(H,17,18). The lowest BCUT2D eigenvalue weighted by Gasteiger charge is -2.40. The first-order valence-electron chi connectivity index (χ1n) is 27.3. The molecule has 8 heterocycles. The van der Waals surface area contributed by atoms with Crippen molar-refractivity contribution in [3.8, 4) is 0 Å². The van der Waals surface area contributed by atoms with Gasteiger partial charge in [-0.05, 0) is 135 Å². The Morgan fingerprint density at radius 2 is 0.988 bits per heavy atom. The number of hydrogen-bond acceptors (Lipinski definition) is 12. The van der Waals surface area contributed by atoms with Gasteiger partial charge in [-0.2, -0.15) is 25.5 Å². The molecule has 0 atom stereocenters. The first-order chi connectivity index (χ1) is 38.8. The number of halogens is 6. The molecular weight excluding hydrogens is 1120 g/mol. The van der Waals surface area contributed by atoms with E-state index in [0.29, 0.717) is 38.5 Å². The number of nitrogens with two attached hydrogens (primary N) is 1. The Balaban J connectivity index is 0.000000114. The summed E-state index contributed by atoms with van der Waals surface area (Å²) in [6.45, 7) is 8.35. The molecule has 10 aromatic rings. The summed E-state index contributed by atoms with van der Waals surface area (Å²) < 4.78 is 33.8. The summed E-state index contributed by atoms with van der Waals surface area (Å²) in [7, 11) is 0. The molecule has 4 aromatic carbocycles. The van der Waals surface area contributed by atoms with Crippen LogP contribution in [0.5, 0.6) is 0 Å². The third kappa shape index (κ3) is 12.3. The largest absolute Gasteiger partial charge is 0.449 e. The summed E-state index contributed by atoms with van der Waals surface area (Å²) in [6, 6.07) is 17.1. The molecule has 426 valence electrons. The van der Waals surface area contributed by atoms with Crippen molar-refractivity contribution in [1.29, 1.82) is 0 Å². The number of piperidine rings is 2. The quantitative estimate of drug-likeness (QED) is 0.0824. The molecule has 2 saturated heterocycles. The van der Waals surface area contributed by atoms with E-state index in [2.05, 4.69) is 74.5 Å². The normalized spacial score (nSPS) is 19.0. The van der Waals surface area contributed by atoms with Crippen LogP contribution in [0.2, 0.25) is 20.1 Å². The fourth-order valence-corrected chi connectivity index (χ4v) is 12.9. The molecule has 4 fully saturated rings. The van der Waals surface area contributed by atoms with Gasteiger partial charge in [0.15, 0.2) is 5.89 Å². The van der Waals surface area contributed by atoms with Gasteiger partial charge in [0.25, 0.3) is 0 Å². The average molecular weight is 1190 g/mol. The van der Waals surface area contributed by atoms with E-state index in [4.69, 9.17) is 56.6 Å².